The summed E-state index contributed by atoms with van der Waals surface area (Å²) in [6.07, 6.45) is 1.49. The maximum Gasteiger partial charge on any atom is 0.419 e. The van der Waals surface area contributed by atoms with Crippen molar-refractivity contribution in [2.45, 2.75) is 49.4 Å². The normalized spacial score (nSPS) is 27.2. The van der Waals surface area contributed by atoms with Gasteiger partial charge in [-0.3, -0.25) is 14.0 Å². The fourth-order valence-corrected chi connectivity index (χ4v) is 5.26. The van der Waals surface area contributed by atoms with E-state index in [1.807, 2.05) is 6.08 Å². The number of carbonyl (C=O) groups is 2. The van der Waals surface area contributed by atoms with E-state index in [4.69, 9.17) is 11.6 Å². The lowest BCUT2D eigenvalue weighted by molar-refractivity contribution is -0.137. The van der Waals surface area contributed by atoms with Crippen molar-refractivity contribution >= 4 is 29.1 Å². The average molecular weight is 481 g/mol. The van der Waals surface area contributed by atoms with Gasteiger partial charge in [-0.15, -0.1) is 0 Å². The van der Waals surface area contributed by atoms with E-state index in [9.17, 15) is 27.9 Å². The zero-order chi connectivity index (χ0) is 23.3. The monoisotopic (exact) mass is 480 g/mol. The number of aromatic nitrogens is 2. The number of alkyl halides is 3. The molecule has 2 aromatic rings. The molecule has 2 amide bonds. The van der Waals surface area contributed by atoms with E-state index in [1.54, 1.807) is 4.90 Å². The smallest absolute Gasteiger partial charge is 0.385 e. The Balaban J connectivity index is 1.28. The number of fused-ring (bicyclic) bond motifs is 2. The number of imidazole rings is 1. The highest BCUT2D eigenvalue weighted by atomic mass is 35.5. The van der Waals surface area contributed by atoms with E-state index < -0.39 is 28.9 Å². The standard InChI is InChI=1S/C22H20ClF3N4O3/c23-18-17(27-19-15(22(24,25)26)5-12(9-30(18)19)11-1-2-11)20(32)28-3-4-29(16(31)10-28)14-6-13-7-21(13,33)8-14/h5-6,9,11,14,33H,1-4,7-8,10H2. The van der Waals surface area contributed by atoms with Gasteiger partial charge in [0.2, 0.25) is 5.91 Å². The molecule has 1 aliphatic heterocycles. The first-order chi connectivity index (χ1) is 15.5. The minimum absolute atomic E-state index is 0.0495. The summed E-state index contributed by atoms with van der Waals surface area (Å²) in [6, 6.07) is 0.888. The van der Waals surface area contributed by atoms with Crippen molar-refractivity contribution in [2.24, 2.45) is 0 Å². The second-order valence-corrected chi connectivity index (χ2v) is 9.75. The second-order valence-electron chi connectivity index (χ2n) is 9.39. The Morgan fingerprint density at radius 3 is 2.64 bits per heavy atom. The predicted molar refractivity (Wildman–Crippen MR) is 111 cm³/mol. The summed E-state index contributed by atoms with van der Waals surface area (Å²) in [7, 11) is 0. The summed E-state index contributed by atoms with van der Waals surface area (Å²) in [5, 5.41) is 10.0. The largest absolute Gasteiger partial charge is 0.419 e. The van der Waals surface area contributed by atoms with Gasteiger partial charge in [0.1, 0.15) is 11.7 Å². The summed E-state index contributed by atoms with van der Waals surface area (Å²) >= 11 is 6.35. The van der Waals surface area contributed by atoms with Gasteiger partial charge in [-0.1, -0.05) is 17.7 Å². The van der Waals surface area contributed by atoms with Gasteiger partial charge in [-0.25, -0.2) is 4.98 Å². The minimum atomic E-state index is -4.65. The number of hydrogen-bond donors (Lipinski definition) is 1. The number of halogens is 4. The third-order valence-electron chi connectivity index (χ3n) is 7.08. The number of piperazine rings is 1. The van der Waals surface area contributed by atoms with Crippen molar-refractivity contribution in [3.63, 3.8) is 0 Å². The van der Waals surface area contributed by atoms with Crippen LogP contribution in [0.3, 0.4) is 0 Å². The third kappa shape index (κ3) is 3.33. The van der Waals surface area contributed by atoms with Gasteiger partial charge in [-0.2, -0.15) is 13.2 Å². The molecular formula is C22H20ClF3N4O3. The van der Waals surface area contributed by atoms with Gasteiger partial charge in [0.25, 0.3) is 5.91 Å². The summed E-state index contributed by atoms with van der Waals surface area (Å²) in [6.45, 7) is 0.243. The highest BCUT2D eigenvalue weighted by molar-refractivity contribution is 6.33. The third-order valence-corrected chi connectivity index (χ3v) is 7.44. The Bertz CT molecular complexity index is 1250. The van der Waals surface area contributed by atoms with E-state index in [2.05, 4.69) is 4.98 Å². The number of aliphatic hydroxyl groups is 1. The molecule has 174 valence electrons. The van der Waals surface area contributed by atoms with Crippen molar-refractivity contribution in [3.05, 3.63) is 45.9 Å². The highest BCUT2D eigenvalue weighted by Crippen LogP contribution is 2.52. The lowest BCUT2D eigenvalue weighted by Crippen LogP contribution is -2.55. The van der Waals surface area contributed by atoms with Crippen LogP contribution in [-0.2, 0) is 11.0 Å². The molecule has 0 radical (unpaired) electrons. The molecule has 33 heavy (non-hydrogen) atoms. The van der Waals surface area contributed by atoms with E-state index in [0.717, 1.165) is 28.9 Å². The molecule has 4 aliphatic rings. The molecule has 0 spiro atoms. The van der Waals surface area contributed by atoms with Crippen LogP contribution in [0.2, 0.25) is 5.15 Å². The van der Waals surface area contributed by atoms with Crippen LogP contribution in [0.4, 0.5) is 13.2 Å². The Morgan fingerprint density at radius 2 is 2.03 bits per heavy atom. The Kier molecular flexibility index (Phi) is 4.28. The van der Waals surface area contributed by atoms with Crippen LogP contribution in [-0.4, -0.2) is 67.4 Å². The molecule has 0 aromatic carbocycles. The Morgan fingerprint density at radius 1 is 1.27 bits per heavy atom. The van der Waals surface area contributed by atoms with Crippen LogP contribution in [0, 0.1) is 0 Å². The predicted octanol–water partition coefficient (Wildman–Crippen LogP) is 3.00. The van der Waals surface area contributed by atoms with E-state index in [-0.39, 0.29) is 48.3 Å². The lowest BCUT2D eigenvalue weighted by atomic mass is 10.1. The quantitative estimate of drug-likeness (QED) is 0.685. The summed E-state index contributed by atoms with van der Waals surface area (Å²) in [4.78, 5) is 32.7. The van der Waals surface area contributed by atoms with Crippen LogP contribution in [0.25, 0.3) is 5.65 Å². The first-order valence-electron chi connectivity index (χ1n) is 10.9. The van der Waals surface area contributed by atoms with Gasteiger partial charge in [-0.05, 0) is 36.0 Å². The summed E-state index contributed by atoms with van der Waals surface area (Å²) in [5.41, 5.74) is -0.967. The molecule has 0 bridgehead atoms. The molecule has 7 nitrogen and oxygen atoms in total. The average Bonchev–Trinajstić information content (AvgIpc) is 3.65. The van der Waals surface area contributed by atoms with Gasteiger partial charge < -0.3 is 14.9 Å². The first-order valence-corrected chi connectivity index (χ1v) is 11.2. The number of carbonyl (C=O) groups excluding carboxylic acids is 2. The molecule has 3 fully saturated rings. The number of pyridine rings is 1. The van der Waals surface area contributed by atoms with Crippen LogP contribution >= 0.6 is 11.6 Å². The van der Waals surface area contributed by atoms with Gasteiger partial charge in [0.15, 0.2) is 11.3 Å². The van der Waals surface area contributed by atoms with Crippen molar-refractivity contribution in [1.82, 2.24) is 19.2 Å². The summed E-state index contributed by atoms with van der Waals surface area (Å²) in [5.74, 6) is -0.911. The van der Waals surface area contributed by atoms with Gasteiger partial charge in [0, 0.05) is 32.1 Å². The zero-order valence-corrected chi connectivity index (χ0v) is 18.2. The molecule has 2 unspecified atom stereocenters. The number of nitrogens with zero attached hydrogens (tertiary/aromatic N) is 4. The topological polar surface area (TPSA) is 78.2 Å². The van der Waals surface area contributed by atoms with Crippen LogP contribution in [0.5, 0.6) is 0 Å². The maximum absolute atomic E-state index is 13.7. The molecule has 2 aromatic heterocycles. The molecule has 2 saturated carbocycles. The maximum atomic E-state index is 13.7. The molecule has 11 heteroatoms. The van der Waals surface area contributed by atoms with Crippen molar-refractivity contribution in [3.8, 4) is 0 Å². The Labute approximate surface area is 191 Å². The molecule has 6 rings (SSSR count). The molecule has 1 saturated heterocycles. The van der Waals surface area contributed by atoms with E-state index >= 15 is 0 Å². The molecule has 3 heterocycles. The highest BCUT2D eigenvalue weighted by Gasteiger charge is 2.54. The van der Waals surface area contributed by atoms with Crippen molar-refractivity contribution in [2.75, 3.05) is 19.6 Å². The zero-order valence-electron chi connectivity index (χ0n) is 17.4. The van der Waals surface area contributed by atoms with E-state index in [1.165, 1.54) is 11.1 Å². The van der Waals surface area contributed by atoms with Crippen molar-refractivity contribution in [1.29, 1.82) is 0 Å². The Hall–Kier alpha value is -2.59. The number of hydrogen-bond acceptors (Lipinski definition) is 4. The first kappa shape index (κ1) is 21.0. The molecule has 1 N–H and O–H groups in total. The van der Waals surface area contributed by atoms with Crippen molar-refractivity contribution < 1.29 is 27.9 Å². The fourth-order valence-electron chi connectivity index (χ4n) is 5.01. The van der Waals surface area contributed by atoms with Gasteiger partial charge >= 0.3 is 6.18 Å². The molecule has 2 atom stereocenters. The number of amides is 2. The van der Waals surface area contributed by atoms with Crippen LogP contribution in [0.15, 0.2) is 23.9 Å². The van der Waals surface area contributed by atoms with Crippen LogP contribution in [0.1, 0.15) is 53.2 Å². The molecular weight excluding hydrogens is 461 g/mol. The second kappa shape index (κ2) is 6.73. The minimum Gasteiger partial charge on any atom is -0.385 e. The fraction of sp³-hybridized carbons (Fsp3) is 0.500. The van der Waals surface area contributed by atoms with E-state index in [0.29, 0.717) is 18.4 Å². The SMILES string of the molecule is O=C(c1nc2c(C(F)(F)F)cc(C3CC3)cn2c1Cl)N1CCN(C2C=C3CC3(O)C2)C(=O)C1. The van der Waals surface area contributed by atoms with Crippen LogP contribution < -0.4 is 0 Å². The number of rotatable bonds is 3. The molecule has 3 aliphatic carbocycles. The van der Waals surface area contributed by atoms with Gasteiger partial charge in [0.05, 0.1) is 17.2 Å². The summed E-state index contributed by atoms with van der Waals surface area (Å²) < 4.78 is 42.3. The lowest BCUT2D eigenvalue weighted by Gasteiger charge is -2.37.